The van der Waals surface area contributed by atoms with Gasteiger partial charge >= 0.3 is 0 Å². The highest BCUT2D eigenvalue weighted by Crippen LogP contribution is 2.29. The molecule has 17 heavy (non-hydrogen) atoms. The Balaban J connectivity index is 2.39. The normalized spacial score (nSPS) is 10.7. The Labute approximate surface area is 103 Å². The van der Waals surface area contributed by atoms with Crippen molar-refractivity contribution in [2.24, 2.45) is 0 Å². The van der Waals surface area contributed by atoms with Crippen LogP contribution in [0.5, 0.6) is 0 Å². The number of tetrazole rings is 1. The lowest BCUT2D eigenvalue weighted by Crippen LogP contribution is -2.08. The van der Waals surface area contributed by atoms with Crippen molar-refractivity contribution in [3.8, 4) is 11.4 Å². The predicted octanol–water partition coefficient (Wildman–Crippen LogP) is 1.22. The lowest BCUT2D eigenvalue weighted by atomic mass is 10.1. The Kier molecular flexibility index (Phi) is 3.55. The van der Waals surface area contributed by atoms with Gasteiger partial charge in [-0.15, -0.1) is 5.10 Å². The van der Waals surface area contributed by atoms with E-state index in [0.29, 0.717) is 29.7 Å². The van der Waals surface area contributed by atoms with E-state index in [2.05, 4.69) is 15.5 Å². The van der Waals surface area contributed by atoms with Gasteiger partial charge in [0.1, 0.15) is 0 Å². The molecule has 0 bridgehead atoms. The number of nitrogens with two attached hydrogens (primary N) is 1. The highest BCUT2D eigenvalue weighted by atomic mass is 35.5. The number of hydrogen-bond acceptors (Lipinski definition) is 5. The van der Waals surface area contributed by atoms with Gasteiger partial charge in [-0.05, 0) is 22.6 Å². The molecule has 1 heterocycles. The Bertz CT molecular complexity index is 513. The summed E-state index contributed by atoms with van der Waals surface area (Å²) in [6, 6.07) is 5.36. The van der Waals surface area contributed by atoms with Crippen molar-refractivity contribution >= 4 is 17.3 Å². The maximum Gasteiger partial charge on any atom is 0.184 e. The number of halogens is 1. The van der Waals surface area contributed by atoms with Gasteiger partial charge in [-0.25, -0.2) is 4.68 Å². The SMILES string of the molecule is COCCn1nnnc1-c1cccc(Cl)c1N. The minimum absolute atomic E-state index is 0.475. The van der Waals surface area contributed by atoms with E-state index in [1.807, 2.05) is 12.1 Å². The van der Waals surface area contributed by atoms with Gasteiger partial charge < -0.3 is 10.5 Å². The molecular formula is C10H12ClN5O. The molecule has 0 unspecified atom stereocenters. The minimum Gasteiger partial charge on any atom is -0.397 e. The Morgan fingerprint density at radius 1 is 1.47 bits per heavy atom. The van der Waals surface area contributed by atoms with Crippen molar-refractivity contribution in [3.63, 3.8) is 0 Å². The van der Waals surface area contributed by atoms with Gasteiger partial charge in [0.15, 0.2) is 5.82 Å². The topological polar surface area (TPSA) is 78.8 Å². The average Bonchev–Trinajstić information content (AvgIpc) is 2.78. The summed E-state index contributed by atoms with van der Waals surface area (Å²) in [5.41, 5.74) is 7.09. The third-order valence-corrected chi connectivity index (χ3v) is 2.66. The van der Waals surface area contributed by atoms with Crippen LogP contribution in [0.2, 0.25) is 5.02 Å². The third-order valence-electron chi connectivity index (χ3n) is 2.33. The summed E-state index contributed by atoms with van der Waals surface area (Å²) in [5, 5.41) is 11.9. The molecule has 2 aromatic rings. The molecule has 0 radical (unpaired) electrons. The van der Waals surface area contributed by atoms with Crippen LogP contribution in [0.3, 0.4) is 0 Å². The second kappa shape index (κ2) is 5.11. The molecule has 0 fully saturated rings. The number of nitrogen functional groups attached to an aromatic ring is 1. The standard InChI is InChI=1S/C10H12ClN5O/c1-17-6-5-16-10(13-14-15-16)7-3-2-4-8(11)9(7)12/h2-4H,5-6,12H2,1H3. The highest BCUT2D eigenvalue weighted by molar-refractivity contribution is 6.33. The maximum atomic E-state index is 5.96. The predicted molar refractivity (Wildman–Crippen MR) is 64.6 cm³/mol. The molecule has 0 spiro atoms. The summed E-state index contributed by atoms with van der Waals surface area (Å²) in [4.78, 5) is 0. The first kappa shape index (κ1) is 11.8. The van der Waals surface area contributed by atoms with Gasteiger partial charge in [0.2, 0.25) is 0 Å². The zero-order valence-electron chi connectivity index (χ0n) is 9.30. The van der Waals surface area contributed by atoms with Crippen molar-refractivity contribution < 1.29 is 4.74 Å². The van der Waals surface area contributed by atoms with Gasteiger partial charge in [-0.1, -0.05) is 17.7 Å². The van der Waals surface area contributed by atoms with Gasteiger partial charge in [0.05, 0.1) is 23.9 Å². The first-order valence-electron chi connectivity index (χ1n) is 5.03. The molecule has 0 saturated heterocycles. The number of ether oxygens (including phenoxy) is 1. The fourth-order valence-electron chi connectivity index (χ4n) is 1.46. The number of nitrogens with zero attached hydrogens (tertiary/aromatic N) is 4. The second-order valence-corrected chi connectivity index (χ2v) is 3.83. The van der Waals surface area contributed by atoms with E-state index in [0.717, 1.165) is 5.56 Å². The lowest BCUT2D eigenvalue weighted by Gasteiger charge is -2.07. The molecule has 2 rings (SSSR count). The van der Waals surface area contributed by atoms with E-state index in [-0.39, 0.29) is 0 Å². The molecule has 1 aromatic carbocycles. The van der Waals surface area contributed by atoms with Gasteiger partial charge in [0, 0.05) is 12.7 Å². The summed E-state index contributed by atoms with van der Waals surface area (Å²) in [5.74, 6) is 0.585. The van der Waals surface area contributed by atoms with Crippen LogP contribution in [0.1, 0.15) is 0 Å². The van der Waals surface area contributed by atoms with Crippen molar-refractivity contribution in [2.45, 2.75) is 6.54 Å². The van der Waals surface area contributed by atoms with E-state index in [9.17, 15) is 0 Å². The van der Waals surface area contributed by atoms with Crippen LogP contribution >= 0.6 is 11.6 Å². The fraction of sp³-hybridized carbons (Fsp3) is 0.300. The highest BCUT2D eigenvalue weighted by Gasteiger charge is 2.13. The molecule has 0 aliphatic carbocycles. The van der Waals surface area contributed by atoms with Crippen molar-refractivity contribution in [2.75, 3.05) is 19.5 Å². The number of benzene rings is 1. The van der Waals surface area contributed by atoms with Crippen LogP contribution in [0.25, 0.3) is 11.4 Å². The first-order valence-corrected chi connectivity index (χ1v) is 5.41. The summed E-state index contributed by atoms with van der Waals surface area (Å²) < 4.78 is 6.62. The van der Waals surface area contributed by atoms with Crippen LogP contribution < -0.4 is 5.73 Å². The Morgan fingerprint density at radius 2 is 2.29 bits per heavy atom. The van der Waals surface area contributed by atoms with Gasteiger partial charge in [-0.3, -0.25) is 0 Å². The first-order chi connectivity index (χ1) is 8.24. The van der Waals surface area contributed by atoms with E-state index < -0.39 is 0 Å². The molecule has 0 amide bonds. The summed E-state index contributed by atoms with van der Waals surface area (Å²) in [6.45, 7) is 1.09. The summed E-state index contributed by atoms with van der Waals surface area (Å²) in [6.07, 6.45) is 0. The molecule has 0 aliphatic rings. The number of anilines is 1. The molecule has 0 aliphatic heterocycles. The number of hydrogen-bond donors (Lipinski definition) is 1. The number of aromatic nitrogens is 4. The number of para-hydroxylation sites is 1. The van der Waals surface area contributed by atoms with E-state index >= 15 is 0 Å². The van der Waals surface area contributed by atoms with E-state index in [1.165, 1.54) is 0 Å². The molecule has 0 atom stereocenters. The van der Waals surface area contributed by atoms with Gasteiger partial charge in [-0.2, -0.15) is 0 Å². The molecule has 90 valence electrons. The average molecular weight is 254 g/mol. The number of rotatable bonds is 4. The van der Waals surface area contributed by atoms with Crippen molar-refractivity contribution in [3.05, 3.63) is 23.2 Å². The van der Waals surface area contributed by atoms with Crippen LogP contribution in [0.15, 0.2) is 18.2 Å². The van der Waals surface area contributed by atoms with Crippen LogP contribution in [-0.2, 0) is 11.3 Å². The molecule has 1 aromatic heterocycles. The molecule has 0 saturated carbocycles. The zero-order chi connectivity index (χ0) is 12.3. The van der Waals surface area contributed by atoms with Crippen LogP contribution in [0.4, 0.5) is 5.69 Å². The van der Waals surface area contributed by atoms with Crippen molar-refractivity contribution in [1.29, 1.82) is 0 Å². The molecular weight excluding hydrogens is 242 g/mol. The fourth-order valence-corrected chi connectivity index (χ4v) is 1.63. The van der Waals surface area contributed by atoms with E-state index in [4.69, 9.17) is 22.1 Å². The molecule has 6 nitrogen and oxygen atoms in total. The smallest absolute Gasteiger partial charge is 0.184 e. The maximum absolute atomic E-state index is 5.96. The van der Waals surface area contributed by atoms with Crippen molar-refractivity contribution in [1.82, 2.24) is 20.2 Å². The lowest BCUT2D eigenvalue weighted by molar-refractivity contribution is 0.183. The summed E-state index contributed by atoms with van der Waals surface area (Å²) >= 11 is 5.96. The largest absolute Gasteiger partial charge is 0.397 e. The van der Waals surface area contributed by atoms with E-state index in [1.54, 1.807) is 17.9 Å². The Morgan fingerprint density at radius 3 is 3.06 bits per heavy atom. The summed E-state index contributed by atoms with van der Waals surface area (Å²) in [7, 11) is 1.62. The van der Waals surface area contributed by atoms with Crippen LogP contribution in [-0.4, -0.2) is 33.9 Å². The van der Waals surface area contributed by atoms with Gasteiger partial charge in [0.25, 0.3) is 0 Å². The third kappa shape index (κ3) is 2.37. The quantitative estimate of drug-likeness (QED) is 0.829. The zero-order valence-corrected chi connectivity index (χ0v) is 10.1. The van der Waals surface area contributed by atoms with Crippen LogP contribution in [0, 0.1) is 0 Å². The monoisotopic (exact) mass is 253 g/mol. The second-order valence-electron chi connectivity index (χ2n) is 3.42. The molecule has 2 N–H and O–H groups in total. The minimum atomic E-state index is 0.475. The molecule has 7 heteroatoms. The number of methoxy groups -OCH3 is 1. The Hall–Kier alpha value is -1.66.